The number of halogens is 2. The lowest BCUT2D eigenvalue weighted by atomic mass is 9.91. The van der Waals surface area contributed by atoms with Crippen LogP contribution in [0.1, 0.15) is 32.1 Å². The van der Waals surface area contributed by atoms with Gasteiger partial charge in [0.1, 0.15) is 18.0 Å². The molecule has 0 atom stereocenters. The zero-order valence-electron chi connectivity index (χ0n) is 20.3. The molecule has 1 N–H and O–H groups in total. The van der Waals surface area contributed by atoms with Gasteiger partial charge < -0.3 is 24.6 Å². The summed E-state index contributed by atoms with van der Waals surface area (Å²) in [6.45, 7) is 1.65. The van der Waals surface area contributed by atoms with Crippen LogP contribution in [-0.2, 0) is 0 Å². The number of anilines is 2. The molecule has 1 aromatic heterocycles. The molecule has 0 bridgehead atoms. The normalized spacial score (nSPS) is 20.5. The minimum atomic E-state index is -0.485. The first kappa shape index (κ1) is 24.4. The molecule has 2 heterocycles. The van der Waals surface area contributed by atoms with Crippen molar-refractivity contribution in [3.63, 3.8) is 0 Å². The predicted molar refractivity (Wildman–Crippen MR) is 137 cm³/mol. The van der Waals surface area contributed by atoms with Gasteiger partial charge >= 0.3 is 6.03 Å². The van der Waals surface area contributed by atoms with Crippen LogP contribution < -0.4 is 14.8 Å². The van der Waals surface area contributed by atoms with Crippen LogP contribution in [-0.4, -0.2) is 65.2 Å². The molecule has 2 fully saturated rings. The number of carbonyl (C=O) groups excluding carboxylic acids is 1. The third-order valence-corrected chi connectivity index (χ3v) is 7.24. The van der Waals surface area contributed by atoms with Gasteiger partial charge in [-0.3, -0.25) is 0 Å². The quantitative estimate of drug-likeness (QED) is 0.460. The van der Waals surface area contributed by atoms with E-state index < -0.39 is 5.82 Å². The van der Waals surface area contributed by atoms with Crippen LogP contribution in [0.25, 0.3) is 10.9 Å². The summed E-state index contributed by atoms with van der Waals surface area (Å²) < 4.78 is 25.6. The van der Waals surface area contributed by atoms with Crippen LogP contribution in [0.4, 0.5) is 20.7 Å². The maximum absolute atomic E-state index is 13.6. The first-order valence-electron chi connectivity index (χ1n) is 12.2. The second-order valence-corrected chi connectivity index (χ2v) is 9.70. The van der Waals surface area contributed by atoms with E-state index in [2.05, 4.69) is 15.3 Å². The Kier molecular flexibility index (Phi) is 7.00. The molecule has 2 aliphatic rings. The van der Waals surface area contributed by atoms with Gasteiger partial charge in [0.05, 0.1) is 23.8 Å². The summed E-state index contributed by atoms with van der Waals surface area (Å²) in [4.78, 5) is 25.1. The van der Waals surface area contributed by atoms with Crippen molar-refractivity contribution in [2.75, 3.05) is 32.6 Å². The van der Waals surface area contributed by atoms with Gasteiger partial charge in [0.2, 0.25) is 0 Å². The van der Waals surface area contributed by atoms with Crippen LogP contribution in [0.5, 0.6) is 11.5 Å². The third-order valence-electron chi connectivity index (χ3n) is 6.95. The van der Waals surface area contributed by atoms with Crippen LogP contribution in [0.3, 0.4) is 0 Å². The lowest BCUT2D eigenvalue weighted by Crippen LogP contribution is -2.53. The van der Waals surface area contributed by atoms with E-state index in [1.165, 1.54) is 18.5 Å². The van der Waals surface area contributed by atoms with Gasteiger partial charge in [-0.25, -0.2) is 19.2 Å². The Morgan fingerprint density at radius 2 is 1.89 bits per heavy atom. The summed E-state index contributed by atoms with van der Waals surface area (Å²) in [7, 11) is 3.47. The van der Waals surface area contributed by atoms with Crippen molar-refractivity contribution < 1.29 is 18.7 Å². The van der Waals surface area contributed by atoms with E-state index in [1.807, 2.05) is 24.1 Å². The molecule has 3 aromatic rings. The molecular formula is C26H29ClFN5O3. The van der Waals surface area contributed by atoms with Crippen molar-refractivity contribution in [3.05, 3.63) is 47.5 Å². The Hall–Kier alpha value is -3.33. The van der Waals surface area contributed by atoms with E-state index in [1.54, 1.807) is 18.1 Å². The number of fused-ring (bicyclic) bond motifs is 1. The van der Waals surface area contributed by atoms with Crippen LogP contribution >= 0.6 is 11.6 Å². The molecule has 0 spiro atoms. The van der Waals surface area contributed by atoms with Crippen molar-refractivity contribution >= 4 is 40.0 Å². The number of carbonyl (C=O) groups is 1. The van der Waals surface area contributed by atoms with E-state index in [0.717, 1.165) is 50.6 Å². The van der Waals surface area contributed by atoms with E-state index in [0.29, 0.717) is 28.5 Å². The zero-order chi connectivity index (χ0) is 25.2. The first-order valence-corrected chi connectivity index (χ1v) is 12.5. The second kappa shape index (κ2) is 10.3. The smallest absolute Gasteiger partial charge is 0.319 e. The number of benzene rings is 2. The summed E-state index contributed by atoms with van der Waals surface area (Å²) in [5, 5.41) is 3.96. The number of nitrogens with one attached hydrogen (secondary N) is 1. The SMILES string of the molecule is COc1cc2ncnc(Nc3ccc(F)c(Cl)c3)c2cc1OC1CCC(N2CCCN(C)C2=O)CC1. The van der Waals surface area contributed by atoms with E-state index in [9.17, 15) is 9.18 Å². The van der Waals surface area contributed by atoms with Gasteiger partial charge in [0.25, 0.3) is 0 Å². The molecule has 8 nitrogen and oxygen atoms in total. The lowest BCUT2D eigenvalue weighted by molar-refractivity contribution is 0.0738. The molecule has 5 rings (SSSR count). The highest BCUT2D eigenvalue weighted by Gasteiger charge is 2.33. The minimum absolute atomic E-state index is 0.0159. The monoisotopic (exact) mass is 513 g/mol. The Bertz CT molecular complexity index is 1270. The fourth-order valence-corrected chi connectivity index (χ4v) is 5.19. The van der Waals surface area contributed by atoms with Crippen LogP contribution in [0.15, 0.2) is 36.7 Å². The second-order valence-electron chi connectivity index (χ2n) is 9.30. The Labute approximate surface area is 214 Å². The van der Waals surface area contributed by atoms with Crippen LogP contribution in [0.2, 0.25) is 5.02 Å². The van der Waals surface area contributed by atoms with Gasteiger partial charge in [0, 0.05) is 43.3 Å². The number of methoxy groups -OCH3 is 1. The van der Waals surface area contributed by atoms with Crippen molar-refractivity contribution in [3.8, 4) is 11.5 Å². The summed E-state index contributed by atoms with van der Waals surface area (Å²) >= 11 is 5.94. The number of hydrogen-bond donors (Lipinski definition) is 1. The van der Waals surface area contributed by atoms with Crippen molar-refractivity contribution in [1.82, 2.24) is 19.8 Å². The molecule has 1 saturated carbocycles. The summed E-state index contributed by atoms with van der Waals surface area (Å²) in [6, 6.07) is 8.49. The molecule has 0 unspecified atom stereocenters. The Balaban J connectivity index is 1.33. The van der Waals surface area contributed by atoms with Crippen molar-refractivity contribution in [1.29, 1.82) is 0 Å². The Morgan fingerprint density at radius 3 is 2.64 bits per heavy atom. The van der Waals surface area contributed by atoms with Gasteiger partial charge in [-0.15, -0.1) is 0 Å². The first-order chi connectivity index (χ1) is 17.4. The van der Waals surface area contributed by atoms with Gasteiger partial charge in [-0.1, -0.05) is 11.6 Å². The maximum atomic E-state index is 13.6. The summed E-state index contributed by atoms with van der Waals surface area (Å²) in [5.41, 5.74) is 1.29. The predicted octanol–water partition coefficient (Wildman–Crippen LogP) is 5.62. The number of amides is 2. The molecule has 1 aliphatic heterocycles. The maximum Gasteiger partial charge on any atom is 0.319 e. The molecule has 1 saturated heterocycles. The number of urea groups is 1. The number of hydrogen-bond acceptors (Lipinski definition) is 6. The van der Waals surface area contributed by atoms with Crippen molar-refractivity contribution in [2.24, 2.45) is 0 Å². The molecule has 10 heteroatoms. The van der Waals surface area contributed by atoms with Crippen molar-refractivity contribution in [2.45, 2.75) is 44.2 Å². The molecule has 0 radical (unpaired) electrons. The average Bonchev–Trinajstić information content (AvgIpc) is 2.88. The minimum Gasteiger partial charge on any atom is -0.493 e. The highest BCUT2D eigenvalue weighted by atomic mass is 35.5. The Morgan fingerprint density at radius 1 is 1.08 bits per heavy atom. The van der Waals surface area contributed by atoms with Gasteiger partial charge in [0.15, 0.2) is 11.5 Å². The highest BCUT2D eigenvalue weighted by molar-refractivity contribution is 6.31. The lowest BCUT2D eigenvalue weighted by Gasteiger charge is -2.41. The molecule has 2 aromatic carbocycles. The van der Waals surface area contributed by atoms with Gasteiger partial charge in [-0.05, 0) is 56.4 Å². The molecule has 1 aliphatic carbocycles. The zero-order valence-corrected chi connectivity index (χ0v) is 21.1. The number of nitrogens with zero attached hydrogens (tertiary/aromatic N) is 4. The molecular weight excluding hydrogens is 485 g/mol. The summed E-state index contributed by atoms with van der Waals surface area (Å²) in [6.07, 6.45) is 5.99. The van der Waals surface area contributed by atoms with E-state index >= 15 is 0 Å². The third kappa shape index (κ3) is 4.97. The standard InChI is InChI=1S/C26H29ClFN5O3/c1-32-10-3-11-33(26(32)34)17-5-7-18(8-6-17)36-24-13-19-22(14-23(24)35-2)29-15-30-25(19)31-16-4-9-21(28)20(27)12-16/h4,9,12-15,17-18H,3,5-8,10-11H2,1-2H3,(H,29,30,31). The van der Waals surface area contributed by atoms with E-state index in [-0.39, 0.29) is 23.2 Å². The summed E-state index contributed by atoms with van der Waals surface area (Å²) in [5.74, 6) is 1.26. The van der Waals surface area contributed by atoms with E-state index in [4.69, 9.17) is 21.1 Å². The largest absolute Gasteiger partial charge is 0.493 e. The van der Waals surface area contributed by atoms with Crippen LogP contribution in [0, 0.1) is 5.82 Å². The number of ether oxygens (including phenoxy) is 2. The highest BCUT2D eigenvalue weighted by Crippen LogP contribution is 2.37. The topological polar surface area (TPSA) is 79.8 Å². The fraction of sp³-hybridized carbons (Fsp3) is 0.423. The number of aromatic nitrogens is 2. The van der Waals surface area contributed by atoms with Gasteiger partial charge in [-0.2, -0.15) is 0 Å². The average molecular weight is 514 g/mol. The molecule has 36 heavy (non-hydrogen) atoms. The number of rotatable bonds is 6. The molecule has 2 amide bonds. The molecule has 190 valence electrons. The fourth-order valence-electron chi connectivity index (χ4n) is 5.01.